The molecule has 0 aliphatic heterocycles. The second-order valence-corrected chi connectivity index (χ2v) is 5.56. The van der Waals surface area contributed by atoms with Gasteiger partial charge in [-0.05, 0) is 12.0 Å². The Balaban J connectivity index is 2.67. The van der Waals surface area contributed by atoms with Gasteiger partial charge in [0.15, 0.2) is 5.69 Å². The monoisotopic (exact) mass is 251 g/mol. The van der Waals surface area contributed by atoms with Gasteiger partial charge in [-0.2, -0.15) is 0 Å². The van der Waals surface area contributed by atoms with Gasteiger partial charge in [0.2, 0.25) is 0 Å². The molecule has 5 nitrogen and oxygen atoms in total. The van der Waals surface area contributed by atoms with Gasteiger partial charge in [0, 0.05) is 13.1 Å². The van der Waals surface area contributed by atoms with Gasteiger partial charge in [-0.3, -0.25) is 9.88 Å². The molecule has 100 valence electrons. The van der Waals surface area contributed by atoms with Crippen LogP contribution in [0.3, 0.4) is 0 Å². The predicted octanol–water partition coefficient (Wildman–Crippen LogP) is 2.04. The minimum atomic E-state index is -1.05. The van der Waals surface area contributed by atoms with Gasteiger partial charge in [0.25, 0.3) is 0 Å². The van der Waals surface area contributed by atoms with Crippen LogP contribution in [0.25, 0.3) is 0 Å². The van der Waals surface area contributed by atoms with Crippen molar-refractivity contribution in [1.29, 1.82) is 0 Å². The lowest BCUT2D eigenvalue weighted by Gasteiger charge is -2.28. The van der Waals surface area contributed by atoms with Crippen LogP contribution in [-0.4, -0.2) is 39.0 Å². The summed E-state index contributed by atoms with van der Waals surface area (Å²) in [6.45, 7) is 11.3. The number of aromatic carboxylic acids is 1. The van der Waals surface area contributed by atoms with E-state index in [9.17, 15) is 4.79 Å². The molecule has 0 spiro atoms. The van der Waals surface area contributed by atoms with Crippen LogP contribution in [0.5, 0.6) is 0 Å². The smallest absolute Gasteiger partial charge is 0.356 e. The number of rotatable bonds is 5. The van der Waals surface area contributed by atoms with Crippen LogP contribution < -0.4 is 0 Å². The van der Waals surface area contributed by atoms with Crippen molar-refractivity contribution in [2.45, 2.75) is 34.2 Å². The first-order chi connectivity index (χ1) is 8.31. The normalized spacial score (nSPS) is 11.8. The van der Waals surface area contributed by atoms with Crippen LogP contribution in [0.4, 0.5) is 0 Å². The van der Waals surface area contributed by atoms with E-state index in [1.807, 2.05) is 0 Å². The van der Waals surface area contributed by atoms with E-state index in [-0.39, 0.29) is 11.1 Å². The molecular weight excluding hydrogens is 230 g/mol. The fraction of sp³-hybridized carbons (Fsp3) is 0.615. The molecule has 0 saturated heterocycles. The third-order valence-corrected chi connectivity index (χ3v) is 2.46. The van der Waals surface area contributed by atoms with Crippen LogP contribution in [0.1, 0.15) is 43.9 Å². The van der Waals surface area contributed by atoms with Gasteiger partial charge in [-0.15, -0.1) is 0 Å². The van der Waals surface area contributed by atoms with Crippen molar-refractivity contribution < 1.29 is 9.90 Å². The van der Waals surface area contributed by atoms with Crippen molar-refractivity contribution in [3.63, 3.8) is 0 Å². The molecule has 0 fully saturated rings. The largest absolute Gasteiger partial charge is 0.476 e. The molecule has 0 unspecified atom stereocenters. The first kappa shape index (κ1) is 14.6. The van der Waals surface area contributed by atoms with Crippen molar-refractivity contribution in [2.75, 3.05) is 13.1 Å². The zero-order valence-electron chi connectivity index (χ0n) is 11.5. The predicted molar refractivity (Wildman–Crippen MR) is 69.4 cm³/mol. The zero-order chi connectivity index (χ0) is 13.8. The molecule has 0 aliphatic carbocycles. The van der Waals surface area contributed by atoms with Crippen LogP contribution in [-0.2, 0) is 6.54 Å². The van der Waals surface area contributed by atoms with Crippen molar-refractivity contribution in [2.24, 2.45) is 5.41 Å². The third-order valence-electron chi connectivity index (χ3n) is 2.46. The van der Waals surface area contributed by atoms with Crippen molar-refractivity contribution >= 4 is 5.97 Å². The zero-order valence-corrected chi connectivity index (χ0v) is 11.5. The molecule has 0 aliphatic rings. The summed E-state index contributed by atoms with van der Waals surface area (Å²) < 4.78 is 0. The van der Waals surface area contributed by atoms with Crippen LogP contribution in [0, 0.1) is 5.41 Å². The van der Waals surface area contributed by atoms with Crippen molar-refractivity contribution in [3.05, 3.63) is 23.8 Å². The number of carbonyl (C=O) groups is 1. The third kappa shape index (κ3) is 4.79. The van der Waals surface area contributed by atoms with E-state index in [2.05, 4.69) is 42.6 Å². The molecule has 1 aromatic heterocycles. The minimum absolute atomic E-state index is 0.0161. The molecule has 18 heavy (non-hydrogen) atoms. The second kappa shape index (κ2) is 5.91. The molecule has 1 heterocycles. The lowest BCUT2D eigenvalue weighted by molar-refractivity contribution is 0.0690. The highest BCUT2D eigenvalue weighted by molar-refractivity contribution is 5.84. The summed E-state index contributed by atoms with van der Waals surface area (Å²) in [4.78, 5) is 20.9. The Labute approximate surface area is 108 Å². The lowest BCUT2D eigenvalue weighted by atomic mass is 9.96. The maximum atomic E-state index is 10.7. The quantitative estimate of drug-likeness (QED) is 0.867. The highest BCUT2D eigenvalue weighted by Crippen LogP contribution is 2.16. The summed E-state index contributed by atoms with van der Waals surface area (Å²) in [5, 5.41) is 8.74. The van der Waals surface area contributed by atoms with E-state index in [0.717, 1.165) is 18.8 Å². The van der Waals surface area contributed by atoms with Gasteiger partial charge in [-0.25, -0.2) is 9.78 Å². The number of carboxylic acid groups (broad SMARTS) is 1. The molecule has 0 amide bonds. The van der Waals surface area contributed by atoms with E-state index in [1.165, 1.54) is 12.4 Å². The molecule has 1 aromatic rings. The summed E-state index contributed by atoms with van der Waals surface area (Å²) in [5.74, 6) is -1.05. The van der Waals surface area contributed by atoms with E-state index < -0.39 is 5.97 Å². The van der Waals surface area contributed by atoms with Crippen LogP contribution in [0.2, 0.25) is 0 Å². The molecule has 0 saturated carbocycles. The fourth-order valence-corrected chi connectivity index (χ4v) is 1.73. The molecule has 0 radical (unpaired) electrons. The standard InChI is InChI=1S/C13H21N3O2/c1-5-16(9-13(2,3)4)8-10-6-15-11(7-14-10)12(17)18/h6-7H,5,8-9H2,1-4H3,(H,17,18). The average molecular weight is 251 g/mol. The van der Waals surface area contributed by atoms with E-state index in [1.54, 1.807) is 0 Å². The summed E-state index contributed by atoms with van der Waals surface area (Å²) >= 11 is 0. The van der Waals surface area contributed by atoms with Crippen molar-refractivity contribution in [1.82, 2.24) is 14.9 Å². The van der Waals surface area contributed by atoms with Crippen molar-refractivity contribution in [3.8, 4) is 0 Å². The van der Waals surface area contributed by atoms with Gasteiger partial charge < -0.3 is 5.11 Å². The number of aromatic nitrogens is 2. The maximum Gasteiger partial charge on any atom is 0.356 e. The Bertz CT molecular complexity index is 396. The van der Waals surface area contributed by atoms with E-state index in [0.29, 0.717) is 6.54 Å². The molecular formula is C13H21N3O2. The van der Waals surface area contributed by atoms with Gasteiger partial charge in [-0.1, -0.05) is 27.7 Å². The second-order valence-electron chi connectivity index (χ2n) is 5.56. The summed E-state index contributed by atoms with van der Waals surface area (Å²) in [5.41, 5.74) is 1.01. The van der Waals surface area contributed by atoms with Crippen LogP contribution >= 0.6 is 0 Å². The lowest BCUT2D eigenvalue weighted by Crippen LogP contribution is -2.32. The maximum absolute atomic E-state index is 10.7. The summed E-state index contributed by atoms with van der Waals surface area (Å²) in [7, 11) is 0. The molecule has 1 rings (SSSR count). The Morgan fingerprint density at radius 2 is 2.00 bits per heavy atom. The average Bonchev–Trinajstić information content (AvgIpc) is 2.27. The summed E-state index contributed by atoms with van der Waals surface area (Å²) in [6.07, 6.45) is 2.84. The topological polar surface area (TPSA) is 66.3 Å². The Morgan fingerprint density at radius 3 is 2.39 bits per heavy atom. The Hall–Kier alpha value is -1.49. The molecule has 0 bridgehead atoms. The SMILES string of the molecule is CCN(Cc1cnc(C(=O)O)cn1)CC(C)(C)C. The number of carboxylic acids is 1. The molecule has 0 aromatic carbocycles. The summed E-state index contributed by atoms with van der Waals surface area (Å²) in [6, 6.07) is 0. The number of nitrogens with zero attached hydrogens (tertiary/aromatic N) is 3. The Kier molecular flexibility index (Phi) is 4.78. The van der Waals surface area contributed by atoms with E-state index >= 15 is 0 Å². The molecule has 1 N–H and O–H groups in total. The highest BCUT2D eigenvalue weighted by atomic mass is 16.4. The van der Waals surface area contributed by atoms with Gasteiger partial charge in [0.1, 0.15) is 0 Å². The first-order valence-corrected chi connectivity index (χ1v) is 6.08. The fourth-order valence-electron chi connectivity index (χ4n) is 1.73. The van der Waals surface area contributed by atoms with Crippen LogP contribution in [0.15, 0.2) is 12.4 Å². The Morgan fingerprint density at radius 1 is 1.33 bits per heavy atom. The number of hydrogen-bond acceptors (Lipinski definition) is 4. The first-order valence-electron chi connectivity index (χ1n) is 6.08. The number of hydrogen-bond donors (Lipinski definition) is 1. The van der Waals surface area contributed by atoms with E-state index in [4.69, 9.17) is 5.11 Å². The molecule has 5 heteroatoms. The molecule has 0 atom stereocenters. The highest BCUT2D eigenvalue weighted by Gasteiger charge is 2.16. The van der Waals surface area contributed by atoms with Gasteiger partial charge in [0.05, 0.1) is 18.1 Å². The van der Waals surface area contributed by atoms with Gasteiger partial charge >= 0.3 is 5.97 Å². The minimum Gasteiger partial charge on any atom is -0.476 e.